The Balaban J connectivity index is 2.35. The molecule has 0 aliphatic carbocycles. The Hall–Kier alpha value is -1.85. The maximum absolute atomic E-state index is 11.3. The third kappa shape index (κ3) is 3.00. The van der Waals surface area contributed by atoms with Crippen LogP contribution in [0.5, 0.6) is 5.75 Å². The number of aromatic hydroxyl groups is 1. The molecule has 0 spiro atoms. The van der Waals surface area contributed by atoms with Crippen LogP contribution in [0.2, 0.25) is 0 Å². The number of nitrogens with one attached hydrogen (secondary N) is 2. The summed E-state index contributed by atoms with van der Waals surface area (Å²) in [6.45, 7) is 4.55. The monoisotopic (exact) mass is 276 g/mol. The van der Waals surface area contributed by atoms with Crippen LogP contribution in [0.1, 0.15) is 31.9 Å². The summed E-state index contributed by atoms with van der Waals surface area (Å²) in [6, 6.07) is 6.50. The van der Waals surface area contributed by atoms with E-state index in [0.29, 0.717) is 29.1 Å². The van der Waals surface area contributed by atoms with E-state index in [9.17, 15) is 15.0 Å². The fraction of sp³-hybridized carbons (Fsp3) is 0.400. The second kappa shape index (κ2) is 6.07. The molecule has 2 aromatic rings. The highest BCUT2D eigenvalue weighted by molar-refractivity contribution is 5.87. The molecule has 0 aliphatic rings. The molecule has 5 heteroatoms. The zero-order valence-corrected chi connectivity index (χ0v) is 11.7. The number of benzene rings is 1. The molecule has 5 nitrogen and oxygen atoms in total. The fourth-order valence-electron chi connectivity index (χ4n) is 2.12. The first-order chi connectivity index (χ1) is 9.52. The van der Waals surface area contributed by atoms with Crippen LogP contribution in [0.4, 0.5) is 0 Å². The molecule has 108 valence electrons. The molecule has 0 bridgehead atoms. The summed E-state index contributed by atoms with van der Waals surface area (Å²) in [7, 11) is 0. The molecule has 0 saturated heterocycles. The average Bonchev–Trinajstić information content (AvgIpc) is 2.45. The van der Waals surface area contributed by atoms with E-state index in [1.807, 2.05) is 0 Å². The number of aliphatic hydroxyl groups is 1. The minimum Gasteiger partial charge on any atom is -0.506 e. The molecule has 1 aromatic carbocycles. The first-order valence-electron chi connectivity index (χ1n) is 6.79. The van der Waals surface area contributed by atoms with Crippen molar-refractivity contribution in [1.82, 2.24) is 10.3 Å². The van der Waals surface area contributed by atoms with E-state index in [0.717, 1.165) is 6.42 Å². The summed E-state index contributed by atoms with van der Waals surface area (Å²) < 4.78 is 0. The van der Waals surface area contributed by atoms with Crippen LogP contribution in [0, 0.1) is 0 Å². The van der Waals surface area contributed by atoms with Gasteiger partial charge in [0.15, 0.2) is 0 Å². The van der Waals surface area contributed by atoms with Gasteiger partial charge in [-0.1, -0.05) is 13.0 Å². The summed E-state index contributed by atoms with van der Waals surface area (Å²) >= 11 is 0. The highest BCUT2D eigenvalue weighted by Gasteiger charge is 2.14. The number of phenols is 1. The van der Waals surface area contributed by atoms with E-state index in [1.165, 1.54) is 12.1 Å². The van der Waals surface area contributed by atoms with Gasteiger partial charge in [-0.3, -0.25) is 4.79 Å². The number of fused-ring (bicyclic) bond motifs is 1. The van der Waals surface area contributed by atoms with Crippen LogP contribution in [-0.2, 0) is 0 Å². The molecule has 2 unspecified atom stereocenters. The molecule has 0 saturated carbocycles. The number of pyridine rings is 1. The van der Waals surface area contributed by atoms with Crippen LogP contribution in [0.3, 0.4) is 0 Å². The van der Waals surface area contributed by atoms with Gasteiger partial charge in [0.05, 0.1) is 11.6 Å². The Morgan fingerprint density at radius 2 is 2.05 bits per heavy atom. The van der Waals surface area contributed by atoms with Gasteiger partial charge in [-0.2, -0.15) is 0 Å². The maximum atomic E-state index is 11.3. The zero-order chi connectivity index (χ0) is 14.7. The molecule has 4 N–H and O–H groups in total. The smallest absolute Gasteiger partial charge is 0.248 e. The SMILES string of the molecule is CCC(C)NCC(O)c1ccc(O)c2[nH]c(=O)ccc12. The lowest BCUT2D eigenvalue weighted by Gasteiger charge is -2.17. The number of aliphatic hydroxyl groups excluding tert-OH is 1. The van der Waals surface area contributed by atoms with Crippen LogP contribution < -0.4 is 10.9 Å². The average molecular weight is 276 g/mol. The summed E-state index contributed by atoms with van der Waals surface area (Å²) in [6.07, 6.45) is 0.286. The lowest BCUT2D eigenvalue weighted by molar-refractivity contribution is 0.172. The van der Waals surface area contributed by atoms with Gasteiger partial charge in [0.2, 0.25) is 5.56 Å². The Morgan fingerprint density at radius 1 is 1.30 bits per heavy atom. The Morgan fingerprint density at radius 3 is 2.75 bits per heavy atom. The normalized spacial score (nSPS) is 14.3. The topological polar surface area (TPSA) is 85.3 Å². The number of H-pyrrole nitrogens is 1. The van der Waals surface area contributed by atoms with Crippen molar-refractivity contribution in [3.63, 3.8) is 0 Å². The Kier molecular flexibility index (Phi) is 4.42. The summed E-state index contributed by atoms with van der Waals surface area (Å²) in [5, 5.41) is 24.0. The Labute approximate surface area is 117 Å². The third-order valence-corrected chi connectivity index (χ3v) is 3.54. The van der Waals surface area contributed by atoms with Gasteiger partial charge >= 0.3 is 0 Å². The van der Waals surface area contributed by atoms with Crippen LogP contribution in [0.25, 0.3) is 10.9 Å². The van der Waals surface area contributed by atoms with Crippen LogP contribution >= 0.6 is 0 Å². The van der Waals surface area contributed by atoms with Gasteiger partial charge in [-0.05, 0) is 31.0 Å². The molecular formula is C15H20N2O3. The predicted molar refractivity (Wildman–Crippen MR) is 78.9 cm³/mol. The van der Waals surface area contributed by atoms with E-state index in [2.05, 4.69) is 24.1 Å². The van der Waals surface area contributed by atoms with E-state index >= 15 is 0 Å². The molecule has 2 atom stereocenters. The van der Waals surface area contributed by atoms with Crippen LogP contribution in [0.15, 0.2) is 29.1 Å². The van der Waals surface area contributed by atoms with Gasteiger partial charge in [0.1, 0.15) is 5.75 Å². The minimum absolute atomic E-state index is 0.00327. The lowest BCUT2D eigenvalue weighted by atomic mass is 10.0. The number of hydrogen-bond acceptors (Lipinski definition) is 4. The first kappa shape index (κ1) is 14.6. The number of hydrogen-bond donors (Lipinski definition) is 4. The van der Waals surface area contributed by atoms with Gasteiger partial charge < -0.3 is 20.5 Å². The summed E-state index contributed by atoms with van der Waals surface area (Å²) in [5.41, 5.74) is 0.764. The quantitative estimate of drug-likeness (QED) is 0.669. The van der Waals surface area contributed by atoms with Crippen molar-refractivity contribution in [2.24, 2.45) is 0 Å². The molecule has 0 fully saturated rings. The molecule has 1 heterocycles. The first-order valence-corrected chi connectivity index (χ1v) is 6.79. The van der Waals surface area contributed by atoms with Gasteiger partial charge in [0.25, 0.3) is 0 Å². The van der Waals surface area contributed by atoms with Crippen molar-refractivity contribution in [3.05, 3.63) is 40.2 Å². The molecular weight excluding hydrogens is 256 g/mol. The highest BCUT2D eigenvalue weighted by atomic mass is 16.3. The van der Waals surface area contributed by atoms with E-state index in [-0.39, 0.29) is 11.3 Å². The van der Waals surface area contributed by atoms with Gasteiger partial charge in [-0.25, -0.2) is 0 Å². The van der Waals surface area contributed by atoms with Crippen molar-refractivity contribution in [1.29, 1.82) is 0 Å². The number of aromatic amines is 1. The second-order valence-electron chi connectivity index (χ2n) is 5.02. The van der Waals surface area contributed by atoms with Crippen molar-refractivity contribution in [3.8, 4) is 5.75 Å². The summed E-state index contributed by atoms with van der Waals surface area (Å²) in [4.78, 5) is 13.9. The zero-order valence-electron chi connectivity index (χ0n) is 11.7. The van der Waals surface area contributed by atoms with E-state index in [4.69, 9.17) is 0 Å². The number of phenolic OH excluding ortho intramolecular Hbond substituents is 1. The second-order valence-corrected chi connectivity index (χ2v) is 5.02. The van der Waals surface area contributed by atoms with E-state index in [1.54, 1.807) is 12.1 Å². The van der Waals surface area contributed by atoms with E-state index < -0.39 is 6.10 Å². The molecule has 1 aromatic heterocycles. The standard InChI is InChI=1S/C15H20N2O3/c1-3-9(2)16-8-13(19)10-4-6-12(18)15-11(10)5-7-14(20)17-15/h4-7,9,13,16,18-19H,3,8H2,1-2H3,(H,17,20). The third-order valence-electron chi connectivity index (χ3n) is 3.54. The highest BCUT2D eigenvalue weighted by Crippen LogP contribution is 2.28. The molecule has 0 aliphatic heterocycles. The van der Waals surface area contributed by atoms with Gasteiger partial charge in [0, 0.05) is 24.0 Å². The number of aromatic nitrogens is 1. The van der Waals surface area contributed by atoms with Crippen molar-refractivity contribution >= 4 is 10.9 Å². The minimum atomic E-state index is -0.696. The summed E-state index contributed by atoms with van der Waals surface area (Å²) in [5.74, 6) is 0.00327. The maximum Gasteiger partial charge on any atom is 0.248 e. The Bertz CT molecular complexity index is 651. The number of rotatable bonds is 5. The predicted octanol–water partition coefficient (Wildman–Crippen LogP) is 1.66. The molecule has 0 radical (unpaired) electrons. The van der Waals surface area contributed by atoms with Crippen molar-refractivity contribution in [2.45, 2.75) is 32.4 Å². The molecule has 2 rings (SSSR count). The van der Waals surface area contributed by atoms with Gasteiger partial charge in [-0.15, -0.1) is 0 Å². The van der Waals surface area contributed by atoms with Crippen molar-refractivity contribution in [2.75, 3.05) is 6.54 Å². The van der Waals surface area contributed by atoms with Crippen molar-refractivity contribution < 1.29 is 10.2 Å². The van der Waals surface area contributed by atoms with Crippen LogP contribution in [-0.4, -0.2) is 27.8 Å². The molecule has 0 amide bonds. The molecule has 20 heavy (non-hydrogen) atoms. The fourth-order valence-corrected chi connectivity index (χ4v) is 2.12. The lowest BCUT2D eigenvalue weighted by Crippen LogP contribution is -2.29. The largest absolute Gasteiger partial charge is 0.506 e.